The first kappa shape index (κ1) is 20.2. The second-order valence-corrected chi connectivity index (χ2v) is 9.14. The molecule has 30 heavy (non-hydrogen) atoms. The molecular weight excluding hydrogens is 412 g/mol. The van der Waals surface area contributed by atoms with Gasteiger partial charge in [-0.15, -0.1) is 11.3 Å². The van der Waals surface area contributed by atoms with E-state index in [9.17, 15) is 9.00 Å². The third kappa shape index (κ3) is 4.90. The van der Waals surface area contributed by atoms with Gasteiger partial charge in [-0.1, -0.05) is 42.5 Å². The number of rotatable bonds is 6. The third-order valence-electron chi connectivity index (χ3n) is 4.50. The molecule has 1 N–H and O–H groups in total. The molecule has 4 nitrogen and oxygen atoms in total. The van der Waals surface area contributed by atoms with Crippen molar-refractivity contribution in [2.45, 2.75) is 17.6 Å². The van der Waals surface area contributed by atoms with Crippen molar-refractivity contribution in [2.24, 2.45) is 0 Å². The molecular formula is C24H20N2O2S2. The van der Waals surface area contributed by atoms with Crippen LogP contribution in [0.15, 0.2) is 89.1 Å². The standard InChI is InChI=1S/C24H20N2O2S2/c1-17-15-29-24(25-17)20-12-10-19(11-13-20)23(27)26-21-7-5-6-18(14-21)16-30(28)22-8-3-2-4-9-22/h2-15H,16H2,1H3,(H,26,27). The van der Waals surface area contributed by atoms with Gasteiger partial charge in [-0.3, -0.25) is 9.00 Å². The van der Waals surface area contributed by atoms with E-state index >= 15 is 0 Å². The Morgan fingerprint density at radius 3 is 2.47 bits per heavy atom. The van der Waals surface area contributed by atoms with Gasteiger partial charge in [-0.05, 0) is 48.9 Å². The lowest BCUT2D eigenvalue weighted by Gasteiger charge is -2.08. The second kappa shape index (κ2) is 9.15. The Labute approximate surface area is 182 Å². The van der Waals surface area contributed by atoms with Gasteiger partial charge in [-0.25, -0.2) is 4.98 Å². The SMILES string of the molecule is Cc1csc(-c2ccc(C(=O)Nc3cccc(CS(=O)c4ccccc4)c3)cc2)n1. The van der Waals surface area contributed by atoms with E-state index in [2.05, 4.69) is 10.3 Å². The lowest BCUT2D eigenvalue weighted by Crippen LogP contribution is -2.12. The van der Waals surface area contributed by atoms with Crippen molar-refractivity contribution < 1.29 is 9.00 Å². The summed E-state index contributed by atoms with van der Waals surface area (Å²) in [6.45, 7) is 1.96. The molecule has 0 fully saturated rings. The van der Waals surface area contributed by atoms with Crippen LogP contribution in [0.25, 0.3) is 10.6 Å². The van der Waals surface area contributed by atoms with Crippen LogP contribution in [-0.4, -0.2) is 15.1 Å². The fraction of sp³-hybridized carbons (Fsp3) is 0.0833. The average molecular weight is 433 g/mol. The van der Waals surface area contributed by atoms with Crippen molar-refractivity contribution in [3.05, 3.63) is 101 Å². The van der Waals surface area contributed by atoms with Gasteiger partial charge >= 0.3 is 0 Å². The van der Waals surface area contributed by atoms with E-state index in [4.69, 9.17) is 0 Å². The molecule has 1 unspecified atom stereocenters. The summed E-state index contributed by atoms with van der Waals surface area (Å²) in [4.78, 5) is 17.9. The van der Waals surface area contributed by atoms with E-state index in [1.54, 1.807) is 23.5 Å². The first-order valence-electron chi connectivity index (χ1n) is 9.45. The Balaban J connectivity index is 1.43. The van der Waals surface area contributed by atoms with E-state index in [0.717, 1.165) is 26.7 Å². The van der Waals surface area contributed by atoms with Crippen molar-refractivity contribution >= 4 is 33.7 Å². The largest absolute Gasteiger partial charge is 0.322 e. The van der Waals surface area contributed by atoms with Gasteiger partial charge in [0.2, 0.25) is 0 Å². The van der Waals surface area contributed by atoms with E-state index in [0.29, 0.717) is 17.0 Å². The fourth-order valence-corrected chi connectivity index (χ4v) is 4.91. The monoisotopic (exact) mass is 432 g/mol. The first-order valence-corrected chi connectivity index (χ1v) is 11.6. The topological polar surface area (TPSA) is 59.1 Å². The normalized spacial score (nSPS) is 11.8. The number of hydrogen-bond acceptors (Lipinski definition) is 4. The molecule has 0 saturated heterocycles. The van der Waals surface area contributed by atoms with Crippen molar-refractivity contribution in [3.8, 4) is 10.6 Å². The van der Waals surface area contributed by atoms with Gasteiger partial charge in [0, 0.05) is 32.8 Å². The Morgan fingerprint density at radius 1 is 1.00 bits per heavy atom. The van der Waals surface area contributed by atoms with Crippen LogP contribution in [0.1, 0.15) is 21.6 Å². The molecule has 1 aromatic heterocycles. The number of anilines is 1. The van der Waals surface area contributed by atoms with Crippen LogP contribution < -0.4 is 5.32 Å². The molecule has 0 spiro atoms. The third-order valence-corrected chi connectivity index (χ3v) is 6.90. The zero-order chi connectivity index (χ0) is 20.9. The molecule has 6 heteroatoms. The maximum absolute atomic E-state index is 12.6. The summed E-state index contributed by atoms with van der Waals surface area (Å²) in [6.07, 6.45) is 0. The molecule has 1 amide bonds. The average Bonchev–Trinajstić information content (AvgIpc) is 3.21. The number of aromatic nitrogens is 1. The molecule has 0 saturated carbocycles. The Hall–Kier alpha value is -3.09. The summed E-state index contributed by atoms with van der Waals surface area (Å²) in [7, 11) is -1.13. The molecule has 4 aromatic rings. The fourth-order valence-electron chi connectivity index (χ4n) is 3.00. The lowest BCUT2D eigenvalue weighted by molar-refractivity contribution is 0.102. The number of aryl methyl sites for hydroxylation is 1. The van der Waals surface area contributed by atoms with E-state index in [-0.39, 0.29) is 5.91 Å². The molecule has 1 atom stereocenters. The molecule has 150 valence electrons. The van der Waals surface area contributed by atoms with Crippen molar-refractivity contribution in [3.63, 3.8) is 0 Å². The summed E-state index contributed by atoms with van der Waals surface area (Å²) in [5, 5.41) is 5.87. The van der Waals surface area contributed by atoms with Crippen LogP contribution >= 0.6 is 11.3 Å². The van der Waals surface area contributed by atoms with Gasteiger partial charge in [0.25, 0.3) is 5.91 Å². The Bertz CT molecular complexity index is 1190. The lowest BCUT2D eigenvalue weighted by atomic mass is 10.1. The number of nitrogens with zero attached hydrogens (tertiary/aromatic N) is 1. The van der Waals surface area contributed by atoms with E-state index in [1.807, 2.05) is 79.0 Å². The van der Waals surface area contributed by atoms with Gasteiger partial charge in [0.15, 0.2) is 0 Å². The second-order valence-electron chi connectivity index (χ2n) is 6.83. The van der Waals surface area contributed by atoms with Crippen LogP contribution in [0.2, 0.25) is 0 Å². The number of carbonyl (C=O) groups is 1. The highest BCUT2D eigenvalue weighted by Crippen LogP contribution is 2.24. The quantitative estimate of drug-likeness (QED) is 0.426. The number of hydrogen-bond donors (Lipinski definition) is 1. The Morgan fingerprint density at radius 2 is 1.77 bits per heavy atom. The summed E-state index contributed by atoms with van der Waals surface area (Å²) in [5.74, 6) is 0.216. The molecule has 0 aliphatic carbocycles. The summed E-state index contributed by atoms with van der Waals surface area (Å²) in [6, 6.07) is 24.3. The van der Waals surface area contributed by atoms with Crippen LogP contribution in [-0.2, 0) is 16.6 Å². The maximum Gasteiger partial charge on any atom is 0.255 e. The molecule has 1 heterocycles. The maximum atomic E-state index is 12.6. The van der Waals surface area contributed by atoms with Gasteiger partial charge in [-0.2, -0.15) is 0 Å². The van der Waals surface area contributed by atoms with Crippen molar-refractivity contribution in [2.75, 3.05) is 5.32 Å². The number of benzene rings is 3. The Kier molecular flexibility index (Phi) is 6.16. The minimum Gasteiger partial charge on any atom is -0.322 e. The summed E-state index contributed by atoms with van der Waals surface area (Å²) < 4.78 is 12.5. The number of amides is 1. The predicted octanol–water partition coefficient (Wildman–Crippen LogP) is 5.68. The predicted molar refractivity (Wildman–Crippen MR) is 123 cm³/mol. The zero-order valence-corrected chi connectivity index (χ0v) is 18.0. The molecule has 0 bridgehead atoms. The summed E-state index contributed by atoms with van der Waals surface area (Å²) in [5.41, 5.74) is 4.15. The molecule has 0 aliphatic rings. The van der Waals surface area contributed by atoms with Crippen LogP contribution in [0, 0.1) is 6.92 Å². The summed E-state index contributed by atoms with van der Waals surface area (Å²) >= 11 is 1.59. The van der Waals surface area contributed by atoms with E-state index in [1.165, 1.54) is 0 Å². The minimum absolute atomic E-state index is 0.182. The number of thiazole rings is 1. The smallest absolute Gasteiger partial charge is 0.255 e. The van der Waals surface area contributed by atoms with Gasteiger partial charge in [0.1, 0.15) is 5.01 Å². The highest BCUT2D eigenvalue weighted by molar-refractivity contribution is 7.84. The van der Waals surface area contributed by atoms with Gasteiger partial charge < -0.3 is 5.32 Å². The van der Waals surface area contributed by atoms with Crippen molar-refractivity contribution in [1.29, 1.82) is 0 Å². The highest BCUT2D eigenvalue weighted by atomic mass is 32.2. The number of carbonyl (C=O) groups excluding carboxylic acids is 1. The van der Waals surface area contributed by atoms with Crippen molar-refractivity contribution in [1.82, 2.24) is 4.98 Å². The van der Waals surface area contributed by atoms with E-state index < -0.39 is 10.8 Å². The van der Waals surface area contributed by atoms with Crippen LogP contribution in [0.5, 0.6) is 0 Å². The minimum atomic E-state index is -1.13. The van der Waals surface area contributed by atoms with Gasteiger partial charge in [0.05, 0.1) is 16.6 Å². The van der Waals surface area contributed by atoms with Crippen LogP contribution in [0.3, 0.4) is 0 Å². The first-order chi connectivity index (χ1) is 14.6. The molecule has 0 radical (unpaired) electrons. The molecule has 0 aliphatic heterocycles. The van der Waals surface area contributed by atoms with Crippen LogP contribution in [0.4, 0.5) is 5.69 Å². The molecule has 4 rings (SSSR count). The molecule has 3 aromatic carbocycles. The highest BCUT2D eigenvalue weighted by Gasteiger charge is 2.10. The zero-order valence-electron chi connectivity index (χ0n) is 16.4. The number of nitrogens with one attached hydrogen (secondary N) is 1.